The van der Waals surface area contributed by atoms with E-state index >= 15 is 0 Å². The van der Waals surface area contributed by atoms with E-state index in [4.69, 9.17) is 11.6 Å². The van der Waals surface area contributed by atoms with E-state index in [1.54, 1.807) is 0 Å². The number of hydrogen-bond donors (Lipinski definition) is 2. The summed E-state index contributed by atoms with van der Waals surface area (Å²) >= 11 is 0. The van der Waals surface area contributed by atoms with Crippen LogP contribution in [0.4, 0.5) is 0 Å². The van der Waals surface area contributed by atoms with E-state index in [-0.39, 0.29) is 30.9 Å². The molecule has 0 saturated heterocycles. The first kappa shape index (κ1) is 14.0. The molecule has 1 aliphatic carbocycles. The minimum Gasteiger partial charge on any atom is -0.328 e. The summed E-state index contributed by atoms with van der Waals surface area (Å²) in [7, 11) is 0. The molecule has 3 nitrogen and oxygen atoms in total. The molecule has 0 aromatic carbocycles. The van der Waals surface area contributed by atoms with Gasteiger partial charge in [-0.2, -0.15) is 0 Å². The quantitative estimate of drug-likeness (QED) is 0.624. The minimum atomic E-state index is 0. The predicted octanol–water partition coefficient (Wildman–Crippen LogP) is 0.990. The highest BCUT2D eigenvalue weighted by atomic mass is 35.5. The molecule has 0 spiro atoms. The van der Waals surface area contributed by atoms with E-state index in [2.05, 4.69) is 4.84 Å². The van der Waals surface area contributed by atoms with Crippen molar-refractivity contribution in [3.8, 4) is 0 Å². The molecule has 0 atom stereocenters. The molecular weight excluding hydrogens is 187 g/mol. The zero-order valence-corrected chi connectivity index (χ0v) is 8.00. The third-order valence-corrected chi connectivity index (χ3v) is 1.91. The summed E-state index contributed by atoms with van der Waals surface area (Å²) in [6.07, 6.45) is 4.43. The van der Waals surface area contributed by atoms with Gasteiger partial charge in [-0.25, -0.2) is 5.90 Å². The zero-order valence-electron chi connectivity index (χ0n) is 6.36. The summed E-state index contributed by atoms with van der Waals surface area (Å²) in [5, 5.41) is 0. The largest absolute Gasteiger partial charge is 0.328 e. The summed E-state index contributed by atoms with van der Waals surface area (Å²) in [6.45, 7) is 0. The molecule has 4 N–H and O–H groups in total. The van der Waals surface area contributed by atoms with Crippen LogP contribution in [0.3, 0.4) is 0 Å². The van der Waals surface area contributed by atoms with Gasteiger partial charge in [0.25, 0.3) is 0 Å². The van der Waals surface area contributed by atoms with Gasteiger partial charge in [-0.1, -0.05) is 0 Å². The highest BCUT2D eigenvalue weighted by molar-refractivity contribution is 5.85. The van der Waals surface area contributed by atoms with E-state index in [1.165, 1.54) is 0 Å². The van der Waals surface area contributed by atoms with E-state index in [1.807, 2.05) is 0 Å². The molecule has 5 heteroatoms. The summed E-state index contributed by atoms with van der Waals surface area (Å²) in [5.41, 5.74) is 5.66. The van der Waals surface area contributed by atoms with E-state index in [9.17, 15) is 0 Å². The van der Waals surface area contributed by atoms with Crippen LogP contribution in [0.15, 0.2) is 0 Å². The molecule has 11 heavy (non-hydrogen) atoms. The van der Waals surface area contributed by atoms with Gasteiger partial charge in [0.15, 0.2) is 0 Å². The van der Waals surface area contributed by atoms with Gasteiger partial charge in [-0.3, -0.25) is 0 Å². The SMILES string of the molecule is Cl.Cl.NO[C@H]1CC[C@H](N)CC1. The molecule has 0 unspecified atom stereocenters. The Hall–Kier alpha value is 0.460. The van der Waals surface area contributed by atoms with Crippen LogP contribution < -0.4 is 11.6 Å². The summed E-state index contributed by atoms with van der Waals surface area (Å²) < 4.78 is 0. The number of rotatable bonds is 1. The molecule has 70 valence electrons. The van der Waals surface area contributed by atoms with Crippen LogP contribution in [0.2, 0.25) is 0 Å². The molecule has 0 radical (unpaired) electrons. The first-order chi connectivity index (χ1) is 4.33. The molecule has 1 saturated carbocycles. The van der Waals surface area contributed by atoms with Crippen molar-refractivity contribution >= 4 is 24.8 Å². The average molecular weight is 203 g/mol. The second kappa shape index (κ2) is 7.13. The maximum atomic E-state index is 5.66. The fraction of sp³-hybridized carbons (Fsp3) is 1.00. The van der Waals surface area contributed by atoms with Gasteiger partial charge < -0.3 is 10.6 Å². The van der Waals surface area contributed by atoms with Crippen molar-refractivity contribution in [2.45, 2.75) is 37.8 Å². The van der Waals surface area contributed by atoms with Crippen molar-refractivity contribution in [2.75, 3.05) is 0 Å². The maximum absolute atomic E-state index is 5.66. The Morgan fingerprint density at radius 2 is 1.45 bits per heavy atom. The zero-order chi connectivity index (χ0) is 6.69. The number of hydrogen-bond acceptors (Lipinski definition) is 3. The Morgan fingerprint density at radius 3 is 1.82 bits per heavy atom. The minimum absolute atomic E-state index is 0. The monoisotopic (exact) mass is 202 g/mol. The molecule has 0 heterocycles. The Bertz CT molecular complexity index is 86.7. The van der Waals surface area contributed by atoms with Crippen LogP contribution >= 0.6 is 24.8 Å². The van der Waals surface area contributed by atoms with Crippen LogP contribution in [0.25, 0.3) is 0 Å². The Balaban J connectivity index is 0. The van der Waals surface area contributed by atoms with Crippen LogP contribution in [0, 0.1) is 0 Å². The van der Waals surface area contributed by atoms with Crippen LogP contribution in [0.1, 0.15) is 25.7 Å². The predicted molar refractivity (Wildman–Crippen MR) is 50.0 cm³/mol. The first-order valence-corrected chi connectivity index (χ1v) is 3.44. The number of halogens is 2. The third kappa shape index (κ3) is 4.82. The highest BCUT2D eigenvalue weighted by Crippen LogP contribution is 2.17. The molecule has 0 bridgehead atoms. The normalized spacial score (nSPS) is 30.0. The molecule has 0 aromatic heterocycles. The van der Waals surface area contributed by atoms with Crippen molar-refractivity contribution in [1.29, 1.82) is 0 Å². The molecule has 0 amide bonds. The standard InChI is InChI=1S/C6H14N2O.2ClH/c7-5-1-3-6(9-8)4-2-5;;/h5-6H,1-4,7-8H2;2*1H/t5-,6-;;. The Labute approximate surface area is 79.6 Å². The second-order valence-electron chi connectivity index (χ2n) is 2.67. The fourth-order valence-corrected chi connectivity index (χ4v) is 1.22. The van der Waals surface area contributed by atoms with Gasteiger partial charge in [0.05, 0.1) is 6.10 Å². The van der Waals surface area contributed by atoms with Gasteiger partial charge in [-0.15, -0.1) is 24.8 Å². The lowest BCUT2D eigenvalue weighted by Crippen LogP contribution is -2.31. The number of nitrogens with two attached hydrogens (primary N) is 2. The molecular formula is C6H16Cl2N2O. The summed E-state index contributed by atoms with van der Waals surface area (Å²) in [5.74, 6) is 5.01. The first-order valence-electron chi connectivity index (χ1n) is 3.44. The highest BCUT2D eigenvalue weighted by Gasteiger charge is 2.17. The average Bonchev–Trinajstić information content (AvgIpc) is 1.90. The lowest BCUT2D eigenvalue weighted by molar-refractivity contribution is 0.0246. The van der Waals surface area contributed by atoms with Gasteiger partial charge >= 0.3 is 0 Å². The van der Waals surface area contributed by atoms with E-state index in [0.717, 1.165) is 25.7 Å². The fourth-order valence-electron chi connectivity index (χ4n) is 1.22. The van der Waals surface area contributed by atoms with Crippen molar-refractivity contribution in [1.82, 2.24) is 0 Å². The summed E-state index contributed by atoms with van der Waals surface area (Å²) in [6, 6.07) is 0.386. The van der Waals surface area contributed by atoms with Crippen LogP contribution in [-0.2, 0) is 4.84 Å². The molecule has 1 fully saturated rings. The summed E-state index contributed by atoms with van der Waals surface area (Å²) in [4.78, 5) is 4.68. The van der Waals surface area contributed by atoms with E-state index in [0.29, 0.717) is 6.04 Å². The Morgan fingerprint density at radius 1 is 1.00 bits per heavy atom. The van der Waals surface area contributed by atoms with Gasteiger partial charge in [0, 0.05) is 6.04 Å². The van der Waals surface area contributed by atoms with Gasteiger partial charge in [-0.05, 0) is 25.7 Å². The third-order valence-electron chi connectivity index (χ3n) is 1.91. The maximum Gasteiger partial charge on any atom is 0.0788 e. The van der Waals surface area contributed by atoms with Crippen LogP contribution in [-0.4, -0.2) is 12.1 Å². The molecule has 1 aliphatic rings. The van der Waals surface area contributed by atoms with Gasteiger partial charge in [0.1, 0.15) is 0 Å². The lowest BCUT2D eigenvalue weighted by Gasteiger charge is -2.23. The topological polar surface area (TPSA) is 61.3 Å². The molecule has 0 aromatic rings. The van der Waals surface area contributed by atoms with E-state index < -0.39 is 0 Å². The van der Waals surface area contributed by atoms with Crippen molar-refractivity contribution < 1.29 is 4.84 Å². The van der Waals surface area contributed by atoms with Crippen molar-refractivity contribution in [2.24, 2.45) is 11.6 Å². The van der Waals surface area contributed by atoms with Crippen molar-refractivity contribution in [3.05, 3.63) is 0 Å². The van der Waals surface area contributed by atoms with Crippen LogP contribution in [0.5, 0.6) is 0 Å². The second-order valence-corrected chi connectivity index (χ2v) is 2.67. The molecule has 0 aliphatic heterocycles. The Kier molecular flexibility index (Phi) is 9.08. The molecule has 1 rings (SSSR count). The van der Waals surface area contributed by atoms with Gasteiger partial charge in [0.2, 0.25) is 0 Å². The lowest BCUT2D eigenvalue weighted by atomic mass is 9.94. The van der Waals surface area contributed by atoms with Crippen molar-refractivity contribution in [3.63, 3.8) is 0 Å². The smallest absolute Gasteiger partial charge is 0.0788 e.